The Balaban J connectivity index is 1.25. The number of aromatic nitrogens is 1. The summed E-state index contributed by atoms with van der Waals surface area (Å²) in [6, 6.07) is 5.54. The van der Waals surface area contributed by atoms with Crippen LogP contribution >= 0.6 is 15.9 Å². The van der Waals surface area contributed by atoms with Crippen LogP contribution in [-0.4, -0.2) is 54.7 Å². The van der Waals surface area contributed by atoms with E-state index in [9.17, 15) is 18.0 Å². The summed E-state index contributed by atoms with van der Waals surface area (Å²) in [6.45, 7) is 2.85. The van der Waals surface area contributed by atoms with Crippen LogP contribution in [0.2, 0.25) is 0 Å². The topological polar surface area (TPSA) is 63.7 Å². The van der Waals surface area contributed by atoms with E-state index in [0.29, 0.717) is 24.6 Å². The Bertz CT molecular complexity index is 965. The van der Waals surface area contributed by atoms with Gasteiger partial charge in [0.15, 0.2) is 11.5 Å². The van der Waals surface area contributed by atoms with Gasteiger partial charge in [0, 0.05) is 30.0 Å². The zero-order valence-electron chi connectivity index (χ0n) is 17.2. The van der Waals surface area contributed by atoms with Crippen LogP contribution in [0.1, 0.15) is 28.8 Å². The molecule has 1 saturated heterocycles. The zero-order chi connectivity index (χ0) is 22.7. The van der Waals surface area contributed by atoms with E-state index in [2.05, 4.69) is 31.1 Å². The van der Waals surface area contributed by atoms with E-state index in [1.54, 1.807) is 12.3 Å². The Kier molecular flexibility index (Phi) is 6.90. The van der Waals surface area contributed by atoms with Gasteiger partial charge in [-0.15, -0.1) is 0 Å². The second-order valence-corrected chi connectivity index (χ2v) is 8.94. The van der Waals surface area contributed by atoms with E-state index >= 15 is 0 Å². The van der Waals surface area contributed by atoms with Gasteiger partial charge in [0.1, 0.15) is 18.3 Å². The summed E-state index contributed by atoms with van der Waals surface area (Å²) in [5, 5.41) is 2.95. The lowest BCUT2D eigenvalue weighted by Gasteiger charge is -2.36. The first-order chi connectivity index (χ1) is 15.3. The third-order valence-corrected chi connectivity index (χ3v) is 6.11. The number of carbonyl (C=O) groups is 1. The van der Waals surface area contributed by atoms with Gasteiger partial charge < -0.3 is 14.8 Å². The number of carbonyl (C=O) groups excluding carboxylic acids is 1. The molecular formula is C22H23BrF3N3O3. The van der Waals surface area contributed by atoms with Crippen molar-refractivity contribution in [2.75, 3.05) is 32.8 Å². The van der Waals surface area contributed by atoms with Crippen LogP contribution in [0, 0.1) is 5.92 Å². The third-order valence-electron chi connectivity index (χ3n) is 5.68. The van der Waals surface area contributed by atoms with Crippen LogP contribution in [-0.2, 0) is 6.18 Å². The third kappa shape index (κ3) is 5.53. The highest BCUT2D eigenvalue weighted by Gasteiger charge is 2.38. The van der Waals surface area contributed by atoms with Gasteiger partial charge in [-0.05, 0) is 66.0 Å². The lowest BCUT2D eigenvalue weighted by atomic mass is 9.96. The van der Waals surface area contributed by atoms with Gasteiger partial charge in [0.2, 0.25) is 0 Å². The van der Waals surface area contributed by atoms with Crippen LogP contribution in [0.4, 0.5) is 13.2 Å². The zero-order valence-corrected chi connectivity index (χ0v) is 18.8. The van der Waals surface area contributed by atoms with Gasteiger partial charge in [-0.3, -0.25) is 14.7 Å². The summed E-state index contributed by atoms with van der Waals surface area (Å²) >= 11 is 3.31. The first-order valence-corrected chi connectivity index (χ1v) is 11.2. The molecule has 10 heteroatoms. The molecule has 6 nitrogen and oxygen atoms in total. The summed E-state index contributed by atoms with van der Waals surface area (Å²) in [7, 11) is 0. The largest absolute Gasteiger partial charge is 0.486 e. The smallest absolute Gasteiger partial charge is 0.420 e. The number of alkyl halides is 3. The lowest BCUT2D eigenvalue weighted by molar-refractivity contribution is -0.140. The van der Waals surface area contributed by atoms with Crippen LogP contribution in [0.5, 0.6) is 11.5 Å². The first kappa shape index (κ1) is 22.8. The van der Waals surface area contributed by atoms with Crippen molar-refractivity contribution in [3.05, 3.63) is 52.3 Å². The van der Waals surface area contributed by atoms with E-state index < -0.39 is 17.8 Å². The SMILES string of the molecule is O=C(NCC1CCN(C[C@H]2COc3cccc(C(F)(F)F)c3O2)CC1)c1cncc(Br)c1. The predicted octanol–water partition coefficient (Wildman–Crippen LogP) is 4.14. The highest BCUT2D eigenvalue weighted by molar-refractivity contribution is 9.10. The van der Waals surface area contributed by atoms with E-state index in [-0.39, 0.29) is 24.0 Å². The van der Waals surface area contributed by atoms with Crippen molar-refractivity contribution in [2.24, 2.45) is 5.92 Å². The van der Waals surface area contributed by atoms with Gasteiger partial charge in [-0.2, -0.15) is 13.2 Å². The van der Waals surface area contributed by atoms with Crippen molar-refractivity contribution in [1.82, 2.24) is 15.2 Å². The molecule has 32 heavy (non-hydrogen) atoms. The molecule has 0 aliphatic carbocycles. The quantitative estimate of drug-likeness (QED) is 0.650. The van der Waals surface area contributed by atoms with Gasteiger partial charge in [-0.25, -0.2) is 0 Å². The molecule has 0 bridgehead atoms. The number of fused-ring (bicyclic) bond motifs is 1. The molecule has 1 fully saturated rings. The molecule has 0 radical (unpaired) electrons. The number of benzene rings is 1. The van der Waals surface area contributed by atoms with E-state index in [1.165, 1.54) is 18.3 Å². The molecule has 1 aromatic heterocycles. The summed E-state index contributed by atoms with van der Waals surface area (Å²) < 4.78 is 51.8. The standard InChI is InChI=1S/C22H23BrF3N3O3/c23-16-8-15(10-27-11-16)21(30)28-9-14-4-6-29(7-5-14)12-17-13-31-19-3-1-2-18(20(19)32-17)22(24,25)26/h1-3,8,10-11,14,17H,4-7,9,12-13H2,(H,28,30)/t17-/m0/s1. The van der Waals surface area contributed by atoms with E-state index in [0.717, 1.165) is 36.5 Å². The van der Waals surface area contributed by atoms with Gasteiger partial charge in [-0.1, -0.05) is 6.07 Å². The normalized spacial score (nSPS) is 19.6. The molecule has 1 amide bonds. The maximum atomic E-state index is 13.3. The minimum absolute atomic E-state index is 0.131. The van der Waals surface area contributed by atoms with Gasteiger partial charge in [0.05, 0.1) is 5.56 Å². The van der Waals surface area contributed by atoms with E-state index in [4.69, 9.17) is 9.47 Å². The number of ether oxygens (including phenoxy) is 2. The number of nitrogens with one attached hydrogen (secondary N) is 1. The summed E-state index contributed by atoms with van der Waals surface area (Å²) in [5.74, 6) is 0.0894. The molecule has 0 unspecified atom stereocenters. The Labute approximate surface area is 192 Å². The van der Waals surface area contributed by atoms with Crippen molar-refractivity contribution in [3.63, 3.8) is 0 Å². The summed E-state index contributed by atoms with van der Waals surface area (Å²) in [5.41, 5.74) is -0.306. The molecule has 4 rings (SSSR count). The van der Waals surface area contributed by atoms with Crippen molar-refractivity contribution in [1.29, 1.82) is 0 Å². The predicted molar refractivity (Wildman–Crippen MR) is 115 cm³/mol. The summed E-state index contributed by atoms with van der Waals surface area (Å²) in [6.07, 6.45) is -0.0471. The monoisotopic (exact) mass is 513 g/mol. The second-order valence-electron chi connectivity index (χ2n) is 8.03. The molecular weight excluding hydrogens is 491 g/mol. The number of piperidine rings is 1. The van der Waals surface area contributed by atoms with Crippen LogP contribution in [0.3, 0.4) is 0 Å². The molecule has 1 aromatic carbocycles. The fourth-order valence-corrected chi connectivity index (χ4v) is 4.35. The molecule has 3 heterocycles. The van der Waals surface area contributed by atoms with Gasteiger partial charge in [0.25, 0.3) is 5.91 Å². The molecule has 1 atom stereocenters. The highest BCUT2D eigenvalue weighted by atomic mass is 79.9. The second kappa shape index (κ2) is 9.66. The number of likely N-dealkylation sites (tertiary alicyclic amines) is 1. The number of rotatable bonds is 5. The molecule has 172 valence electrons. The molecule has 2 aliphatic rings. The lowest BCUT2D eigenvalue weighted by Crippen LogP contribution is -2.45. The minimum Gasteiger partial charge on any atom is -0.486 e. The Morgan fingerprint density at radius 2 is 2.03 bits per heavy atom. The molecule has 2 aliphatic heterocycles. The molecule has 1 N–H and O–H groups in total. The van der Waals surface area contributed by atoms with Crippen LogP contribution in [0.25, 0.3) is 0 Å². The molecule has 2 aromatic rings. The highest BCUT2D eigenvalue weighted by Crippen LogP contribution is 2.43. The summed E-state index contributed by atoms with van der Waals surface area (Å²) in [4.78, 5) is 18.4. The number of hydrogen-bond donors (Lipinski definition) is 1. The van der Waals surface area contributed by atoms with Crippen molar-refractivity contribution in [2.45, 2.75) is 25.1 Å². The van der Waals surface area contributed by atoms with E-state index in [1.807, 2.05) is 0 Å². The van der Waals surface area contributed by atoms with Crippen molar-refractivity contribution in [3.8, 4) is 11.5 Å². The van der Waals surface area contributed by atoms with Crippen LogP contribution in [0.15, 0.2) is 41.1 Å². The Morgan fingerprint density at radius 3 is 2.75 bits per heavy atom. The first-order valence-electron chi connectivity index (χ1n) is 10.4. The van der Waals surface area contributed by atoms with Crippen molar-refractivity contribution >= 4 is 21.8 Å². The number of pyridine rings is 1. The number of hydrogen-bond acceptors (Lipinski definition) is 5. The fraction of sp³-hybridized carbons (Fsp3) is 0.455. The number of halogens is 4. The van der Waals surface area contributed by atoms with Crippen LogP contribution < -0.4 is 14.8 Å². The van der Waals surface area contributed by atoms with Gasteiger partial charge >= 0.3 is 6.18 Å². The minimum atomic E-state index is -4.49. The van der Waals surface area contributed by atoms with Crippen molar-refractivity contribution < 1.29 is 27.4 Å². The number of amides is 1. The Hall–Kier alpha value is -2.33. The average molecular weight is 514 g/mol. The maximum Gasteiger partial charge on any atom is 0.420 e. The number of nitrogens with zero attached hydrogens (tertiary/aromatic N) is 2. The maximum absolute atomic E-state index is 13.3. The fourth-order valence-electron chi connectivity index (χ4n) is 3.98. The molecule has 0 spiro atoms. The number of para-hydroxylation sites is 1. The molecule has 0 saturated carbocycles. The average Bonchev–Trinajstić information content (AvgIpc) is 2.77. The Morgan fingerprint density at radius 1 is 1.25 bits per heavy atom.